The monoisotopic (exact) mass is 1810 g/mol. The first-order valence-corrected chi connectivity index (χ1v) is 45.3. The number of morpholine rings is 1. The number of carbonyl (C=O) groups excluding carboxylic acids is 3. The van der Waals surface area contributed by atoms with Crippen molar-refractivity contribution < 1.29 is 38.1 Å². The SMILES string of the molecule is CC(C)c1ccc(C2c3[nH]c4ccc(Cl)cc4c3CCN2C(=S)NC2CCCCC2)cc1.COc1ccc(C2c3[nH]c4ccc(Cl)cc4c3CCN2C(=O)N2CCCC2)cc1.COc1ccc(C2c3[nH]c4ccc(Cl)cc4c3CCN2C(=O)N2CCOCC2)cc1.COc1ccc(OC(=O)N2CCc3c([nH]c4ccc(Br)cc34)C2c2ccc(Cl)cc2)cc1. The molecular weight excluding hydrogens is 1710 g/mol. The molecule has 4 atom stereocenters. The number of rotatable bonds is 10. The lowest BCUT2D eigenvalue weighted by atomic mass is 9.91. The van der Waals surface area contributed by atoms with E-state index in [9.17, 15) is 14.4 Å². The number of aromatic amines is 4. The Kier molecular flexibility index (Phi) is 25.9. The highest BCUT2D eigenvalue weighted by molar-refractivity contribution is 9.10. The number of fused-ring (bicyclic) bond motifs is 12. The Balaban J connectivity index is 0.000000116. The van der Waals surface area contributed by atoms with Crippen molar-refractivity contribution in [2.75, 3.05) is 86.9 Å². The van der Waals surface area contributed by atoms with Crippen LogP contribution in [0.2, 0.25) is 20.1 Å². The van der Waals surface area contributed by atoms with Gasteiger partial charge in [-0.15, -0.1) is 0 Å². The number of carbonyl (C=O) groups is 3. The number of urea groups is 2. The van der Waals surface area contributed by atoms with Crippen LogP contribution in [0.15, 0.2) is 199 Å². The Labute approximate surface area is 750 Å². The summed E-state index contributed by atoms with van der Waals surface area (Å²) in [7, 11) is 4.92. The van der Waals surface area contributed by atoms with Crippen LogP contribution >= 0.6 is 74.6 Å². The fraction of sp³-hybridized carbons (Fsp3) is 0.327. The number of hydrogen-bond donors (Lipinski definition) is 5. The van der Waals surface area contributed by atoms with Crippen LogP contribution in [-0.4, -0.2) is 166 Å². The lowest BCUT2D eigenvalue weighted by Crippen LogP contribution is -2.51. The zero-order chi connectivity index (χ0) is 85.1. The molecule has 2 saturated heterocycles. The van der Waals surface area contributed by atoms with E-state index < -0.39 is 6.09 Å². The summed E-state index contributed by atoms with van der Waals surface area (Å²) in [4.78, 5) is 66.6. The van der Waals surface area contributed by atoms with Crippen molar-refractivity contribution in [3.05, 3.63) is 292 Å². The Morgan fingerprint density at radius 2 is 0.764 bits per heavy atom. The number of thiocarbonyl (C=S) groups is 1. The van der Waals surface area contributed by atoms with E-state index in [4.69, 9.17) is 82.3 Å². The molecule has 19 nitrogen and oxygen atoms in total. The molecule has 13 aromatic rings. The maximum Gasteiger partial charge on any atom is 0.416 e. The first-order valence-electron chi connectivity index (χ1n) is 42.6. The summed E-state index contributed by atoms with van der Waals surface area (Å²) >= 11 is 34.6. The van der Waals surface area contributed by atoms with Gasteiger partial charge >= 0.3 is 18.2 Å². The Bertz CT molecular complexity index is 5980. The molecule has 1 saturated carbocycles. The van der Waals surface area contributed by atoms with Crippen LogP contribution in [0, 0.1) is 0 Å². The fourth-order valence-corrected chi connectivity index (χ4v) is 20.2. The topological polar surface area (TPSA) is 192 Å². The number of aromatic nitrogens is 4. The average molecular weight is 1810 g/mol. The van der Waals surface area contributed by atoms with Gasteiger partial charge in [-0.1, -0.05) is 156 Å². The molecular formula is C98H100BrCl4N11O8S. The largest absolute Gasteiger partial charge is 0.497 e. The van der Waals surface area contributed by atoms with Crippen LogP contribution in [0.3, 0.4) is 0 Å². The molecule has 7 aliphatic rings. The molecule has 20 rings (SSSR count). The Morgan fingerprint density at radius 1 is 0.415 bits per heavy atom. The molecule has 0 bridgehead atoms. The molecule has 6 aliphatic heterocycles. The molecule has 5 N–H and O–H groups in total. The quantitative estimate of drug-likeness (QED) is 0.0819. The number of ether oxygens (including phenoxy) is 5. The van der Waals surface area contributed by atoms with Gasteiger partial charge in [0.25, 0.3) is 0 Å². The van der Waals surface area contributed by atoms with Crippen molar-refractivity contribution in [2.45, 2.75) is 121 Å². The minimum atomic E-state index is -0.402. The molecule has 9 aromatic carbocycles. The number of hydrogen-bond acceptors (Lipinski definition) is 9. The fourth-order valence-electron chi connectivity index (χ4n) is 18.9. The predicted octanol–water partition coefficient (Wildman–Crippen LogP) is 23.1. The van der Waals surface area contributed by atoms with Gasteiger partial charge in [-0.2, -0.15) is 0 Å². The summed E-state index contributed by atoms with van der Waals surface area (Å²) < 4.78 is 28.0. The second-order valence-electron chi connectivity index (χ2n) is 32.8. The lowest BCUT2D eigenvalue weighted by Gasteiger charge is -2.40. The summed E-state index contributed by atoms with van der Waals surface area (Å²) in [5.74, 6) is 3.30. The highest BCUT2D eigenvalue weighted by Gasteiger charge is 2.42. The van der Waals surface area contributed by atoms with Gasteiger partial charge in [0.2, 0.25) is 0 Å². The van der Waals surface area contributed by atoms with Gasteiger partial charge in [0.15, 0.2) is 5.11 Å². The third-order valence-electron chi connectivity index (χ3n) is 25.2. The smallest absolute Gasteiger partial charge is 0.416 e. The zero-order valence-electron chi connectivity index (χ0n) is 69.5. The minimum Gasteiger partial charge on any atom is -0.497 e. The van der Waals surface area contributed by atoms with Gasteiger partial charge in [-0.3, -0.25) is 4.90 Å². The zero-order valence-corrected chi connectivity index (χ0v) is 75.0. The van der Waals surface area contributed by atoms with Crippen molar-refractivity contribution in [2.24, 2.45) is 0 Å². The Hall–Kier alpha value is -10.4. The molecule has 10 heterocycles. The van der Waals surface area contributed by atoms with Crippen molar-refractivity contribution in [3.63, 3.8) is 0 Å². The minimum absolute atomic E-state index is 0.0569. The van der Waals surface area contributed by atoms with Crippen LogP contribution in [0.25, 0.3) is 43.6 Å². The van der Waals surface area contributed by atoms with Crippen LogP contribution in [0.5, 0.6) is 23.0 Å². The molecule has 4 aromatic heterocycles. The summed E-state index contributed by atoms with van der Waals surface area (Å²) in [6, 6.07) is 64.0. The predicted molar refractivity (Wildman–Crippen MR) is 499 cm³/mol. The third-order valence-corrected chi connectivity index (χ3v) is 27.0. The molecule has 0 radical (unpaired) electrons. The van der Waals surface area contributed by atoms with Crippen molar-refractivity contribution in [1.82, 2.24) is 54.7 Å². The second-order valence-corrected chi connectivity index (χ2v) is 35.9. The number of H-pyrrole nitrogens is 4. The van der Waals surface area contributed by atoms with Crippen LogP contribution in [-0.2, 0) is 30.4 Å². The number of likely N-dealkylation sites (tertiary alicyclic amines) is 1. The molecule has 0 spiro atoms. The van der Waals surface area contributed by atoms with Crippen LogP contribution < -0.4 is 24.3 Å². The number of nitrogens with zero attached hydrogens (tertiary/aromatic N) is 6. The van der Waals surface area contributed by atoms with E-state index in [2.05, 4.69) is 121 Å². The maximum absolute atomic E-state index is 13.5. The molecule has 5 amide bonds. The summed E-state index contributed by atoms with van der Waals surface area (Å²) in [6.45, 7) is 11.4. The normalized spacial score (nSPS) is 18.2. The van der Waals surface area contributed by atoms with E-state index in [0.717, 1.165) is 166 Å². The van der Waals surface area contributed by atoms with E-state index >= 15 is 0 Å². The van der Waals surface area contributed by atoms with Gasteiger partial charge in [0.05, 0.1) is 52.7 Å². The summed E-state index contributed by atoms with van der Waals surface area (Å²) in [5, 5.41) is 12.2. The van der Waals surface area contributed by atoms with Crippen molar-refractivity contribution in [1.29, 1.82) is 0 Å². The van der Waals surface area contributed by atoms with E-state index in [1.54, 1.807) is 50.5 Å². The maximum atomic E-state index is 13.5. The van der Waals surface area contributed by atoms with Gasteiger partial charge in [-0.25, -0.2) is 14.4 Å². The van der Waals surface area contributed by atoms with E-state index in [1.165, 1.54) is 76.6 Å². The van der Waals surface area contributed by atoms with E-state index in [0.29, 0.717) is 74.4 Å². The number of amides is 5. The first-order chi connectivity index (χ1) is 59.8. The van der Waals surface area contributed by atoms with Gasteiger partial charge < -0.3 is 73.4 Å². The number of methoxy groups -OCH3 is 3. The average Bonchev–Trinajstić information content (AvgIpc) is 1.63. The third kappa shape index (κ3) is 18.1. The number of benzene rings is 9. The molecule has 4 unspecified atom stereocenters. The number of nitrogens with one attached hydrogen (secondary N) is 5. The van der Waals surface area contributed by atoms with Crippen LogP contribution in [0.4, 0.5) is 14.4 Å². The van der Waals surface area contributed by atoms with Crippen molar-refractivity contribution in [3.8, 4) is 23.0 Å². The molecule has 1 aliphatic carbocycles. The second kappa shape index (κ2) is 37.6. The van der Waals surface area contributed by atoms with Crippen LogP contribution in [0.1, 0.15) is 162 Å². The molecule has 25 heteroatoms. The first kappa shape index (κ1) is 84.8. The summed E-state index contributed by atoms with van der Waals surface area (Å²) in [5.41, 5.74) is 19.5. The standard InChI is InChI=1S/C27H32ClN3S.C25H20BrClN2O3.C23H24ClN3O3.C23H24ClN3O2/c1-17(2)18-8-10-19(11-9-18)26-25-22(23-16-20(28)12-13-24(23)30-25)14-15-31(26)27(32)29-21-6-4-3-5-7-21;1-31-18-7-9-19(10-8-18)32-25(30)29-13-12-20-21-14-16(26)4-11-22(21)28-23(20)24(29)15-2-5-17(27)6-3-15;1-29-17-5-2-15(3-6-17)22-21-18(19-14-16(24)4-7-20(19)25-21)8-9-27(22)23(28)26-10-12-30-13-11-26;1-29-17-7-4-15(5-8-17)22-21-18(19-14-16(24)6-9-20(19)25-21)10-13-27(22)23(28)26-11-2-3-12-26/h8-13,16-17,21,26,30H,3-7,14-15H2,1-2H3,(H,29,32);2-11,14,24,28H,12-13H2,1H3;2-7,14,22,25H,8-13H2,1H3;4-9,14,22,25H,2-3,10-13H2,1H3. The van der Waals surface area contributed by atoms with Gasteiger partial charge in [0.1, 0.15) is 29.0 Å². The highest BCUT2D eigenvalue weighted by Crippen LogP contribution is 2.46. The van der Waals surface area contributed by atoms with E-state index in [1.807, 2.05) is 129 Å². The van der Waals surface area contributed by atoms with Gasteiger partial charge in [-0.05, 0) is 253 Å². The van der Waals surface area contributed by atoms with E-state index in [-0.39, 0.29) is 36.2 Å². The lowest BCUT2D eigenvalue weighted by molar-refractivity contribution is 0.0398. The van der Waals surface area contributed by atoms with Crippen molar-refractivity contribution >= 4 is 141 Å². The molecule has 636 valence electrons. The van der Waals surface area contributed by atoms with Gasteiger partial charge in [0, 0.05) is 149 Å². The highest BCUT2D eigenvalue weighted by atomic mass is 79.9. The summed E-state index contributed by atoms with van der Waals surface area (Å²) in [6.07, 6.45) is 11.5. The molecule has 123 heavy (non-hydrogen) atoms. The Morgan fingerprint density at radius 3 is 1.20 bits per heavy atom. The molecule has 3 fully saturated rings. The number of halogens is 5.